The lowest BCUT2D eigenvalue weighted by atomic mass is 10.0. The summed E-state index contributed by atoms with van der Waals surface area (Å²) in [5.74, 6) is 0. The van der Waals surface area contributed by atoms with Gasteiger partial charge in [-0.1, -0.05) is 121 Å². The van der Waals surface area contributed by atoms with Gasteiger partial charge in [0, 0.05) is 44.0 Å². The molecule has 0 aliphatic rings. The standard InChI is InChI=1S/C46H30N2O/c1-3-13-31(14-4-1)33-15-11-18-35(29-33)47(36-27-25-32-26-28-40-38-20-8-10-24-44(38)49-46(40)41(32)30-36)43-23-12-21-39-37-19-7-9-22-42(37)48(45(39)43)34-16-5-2-6-17-34/h1-30H. The zero-order valence-electron chi connectivity index (χ0n) is 26.6. The van der Waals surface area contributed by atoms with Gasteiger partial charge in [-0.2, -0.15) is 0 Å². The highest BCUT2D eigenvalue weighted by atomic mass is 16.3. The Kier molecular flexibility index (Phi) is 6.18. The first kappa shape index (κ1) is 27.5. The Morgan fingerprint density at radius 1 is 0.429 bits per heavy atom. The van der Waals surface area contributed by atoms with E-state index in [1.54, 1.807) is 0 Å². The molecule has 3 heteroatoms. The van der Waals surface area contributed by atoms with Crippen molar-refractivity contribution < 1.29 is 4.42 Å². The van der Waals surface area contributed by atoms with Crippen LogP contribution >= 0.6 is 0 Å². The molecule has 230 valence electrons. The van der Waals surface area contributed by atoms with Gasteiger partial charge >= 0.3 is 0 Å². The predicted molar refractivity (Wildman–Crippen MR) is 206 cm³/mol. The van der Waals surface area contributed by atoms with Gasteiger partial charge in [0.05, 0.1) is 16.7 Å². The molecule has 3 nitrogen and oxygen atoms in total. The van der Waals surface area contributed by atoms with Crippen molar-refractivity contribution in [3.63, 3.8) is 0 Å². The van der Waals surface area contributed by atoms with Crippen LogP contribution in [-0.4, -0.2) is 4.57 Å². The van der Waals surface area contributed by atoms with Crippen molar-refractivity contribution in [3.05, 3.63) is 182 Å². The van der Waals surface area contributed by atoms with Crippen LogP contribution in [0.1, 0.15) is 0 Å². The molecule has 0 unspecified atom stereocenters. The second-order valence-electron chi connectivity index (χ2n) is 12.6. The molecule has 10 rings (SSSR count). The molecule has 8 aromatic carbocycles. The summed E-state index contributed by atoms with van der Waals surface area (Å²) in [5.41, 5.74) is 10.9. The van der Waals surface area contributed by atoms with Gasteiger partial charge in [0.1, 0.15) is 11.2 Å². The highest BCUT2D eigenvalue weighted by Gasteiger charge is 2.22. The molecular formula is C46H30N2O. The zero-order valence-corrected chi connectivity index (χ0v) is 26.6. The van der Waals surface area contributed by atoms with Crippen LogP contribution in [0.15, 0.2) is 186 Å². The van der Waals surface area contributed by atoms with Crippen molar-refractivity contribution in [1.82, 2.24) is 4.57 Å². The summed E-state index contributed by atoms with van der Waals surface area (Å²) in [6.07, 6.45) is 0. The first-order valence-electron chi connectivity index (χ1n) is 16.7. The van der Waals surface area contributed by atoms with E-state index in [1.165, 1.54) is 27.4 Å². The van der Waals surface area contributed by atoms with Crippen LogP contribution in [0.3, 0.4) is 0 Å². The van der Waals surface area contributed by atoms with E-state index >= 15 is 0 Å². The number of hydrogen-bond donors (Lipinski definition) is 0. The summed E-state index contributed by atoms with van der Waals surface area (Å²) < 4.78 is 8.96. The number of fused-ring (bicyclic) bond motifs is 8. The highest BCUT2D eigenvalue weighted by molar-refractivity contribution is 6.17. The summed E-state index contributed by atoms with van der Waals surface area (Å²) >= 11 is 0. The molecule has 0 fully saturated rings. The van der Waals surface area contributed by atoms with Gasteiger partial charge in [-0.05, 0) is 77.2 Å². The van der Waals surface area contributed by atoms with Gasteiger partial charge in [-0.25, -0.2) is 0 Å². The number of hydrogen-bond acceptors (Lipinski definition) is 2. The number of benzene rings is 8. The molecule has 0 atom stereocenters. The first-order valence-corrected chi connectivity index (χ1v) is 16.7. The SMILES string of the molecule is c1ccc(-c2cccc(N(c3ccc4ccc5c6ccccc6oc5c4c3)c3cccc4c5ccccc5n(-c5ccccc5)c34)c2)cc1. The summed E-state index contributed by atoms with van der Waals surface area (Å²) in [7, 11) is 0. The molecular weight excluding hydrogens is 597 g/mol. The maximum atomic E-state index is 6.55. The molecule has 0 aliphatic carbocycles. The lowest BCUT2D eigenvalue weighted by Gasteiger charge is -2.28. The quantitative estimate of drug-likeness (QED) is 0.190. The molecule has 0 N–H and O–H groups in total. The summed E-state index contributed by atoms with van der Waals surface area (Å²) in [4.78, 5) is 2.41. The van der Waals surface area contributed by atoms with Crippen LogP contribution < -0.4 is 4.90 Å². The zero-order chi connectivity index (χ0) is 32.3. The molecule has 0 amide bonds. The van der Waals surface area contributed by atoms with Crippen molar-refractivity contribution in [3.8, 4) is 16.8 Å². The van der Waals surface area contributed by atoms with E-state index < -0.39 is 0 Å². The van der Waals surface area contributed by atoms with Gasteiger partial charge in [0.15, 0.2) is 0 Å². The third-order valence-electron chi connectivity index (χ3n) is 9.74. The molecule has 0 saturated carbocycles. The van der Waals surface area contributed by atoms with Crippen LogP contribution in [0.2, 0.25) is 0 Å². The largest absolute Gasteiger partial charge is 0.455 e. The topological polar surface area (TPSA) is 21.3 Å². The number of para-hydroxylation sites is 4. The third kappa shape index (κ3) is 4.37. The van der Waals surface area contributed by atoms with Crippen LogP contribution in [0, 0.1) is 0 Å². The number of aromatic nitrogens is 1. The first-order chi connectivity index (χ1) is 24.3. The van der Waals surface area contributed by atoms with E-state index in [0.29, 0.717) is 0 Å². The molecule has 2 heterocycles. The van der Waals surface area contributed by atoms with Gasteiger partial charge in [0.25, 0.3) is 0 Å². The average molecular weight is 627 g/mol. The van der Waals surface area contributed by atoms with Crippen molar-refractivity contribution in [2.75, 3.05) is 4.90 Å². The molecule has 0 saturated heterocycles. The number of furan rings is 1. The number of anilines is 3. The van der Waals surface area contributed by atoms with Gasteiger partial charge in [-0.15, -0.1) is 0 Å². The minimum atomic E-state index is 0.903. The fourth-order valence-electron chi connectivity index (χ4n) is 7.54. The Morgan fingerprint density at radius 2 is 1.10 bits per heavy atom. The van der Waals surface area contributed by atoms with E-state index in [9.17, 15) is 0 Å². The van der Waals surface area contributed by atoms with Crippen LogP contribution in [-0.2, 0) is 0 Å². The molecule has 0 aliphatic heterocycles. The van der Waals surface area contributed by atoms with Crippen LogP contribution in [0.5, 0.6) is 0 Å². The highest BCUT2D eigenvalue weighted by Crippen LogP contribution is 2.45. The van der Waals surface area contributed by atoms with E-state index in [-0.39, 0.29) is 0 Å². The maximum Gasteiger partial charge on any atom is 0.143 e. The molecule has 10 aromatic rings. The lowest BCUT2D eigenvalue weighted by molar-refractivity contribution is 0.672. The van der Waals surface area contributed by atoms with Crippen molar-refractivity contribution >= 4 is 71.6 Å². The Bertz CT molecular complexity index is 2830. The van der Waals surface area contributed by atoms with Crippen molar-refractivity contribution in [2.45, 2.75) is 0 Å². The van der Waals surface area contributed by atoms with E-state index in [0.717, 1.165) is 61.0 Å². The van der Waals surface area contributed by atoms with Gasteiger partial charge < -0.3 is 13.9 Å². The van der Waals surface area contributed by atoms with E-state index in [1.807, 2.05) is 6.07 Å². The van der Waals surface area contributed by atoms with Crippen molar-refractivity contribution in [1.29, 1.82) is 0 Å². The normalized spacial score (nSPS) is 11.7. The average Bonchev–Trinajstić information content (AvgIpc) is 3.73. The van der Waals surface area contributed by atoms with Gasteiger partial charge in [0.2, 0.25) is 0 Å². The van der Waals surface area contributed by atoms with E-state index in [4.69, 9.17) is 4.42 Å². The minimum absolute atomic E-state index is 0.903. The van der Waals surface area contributed by atoms with Crippen molar-refractivity contribution in [2.24, 2.45) is 0 Å². The lowest BCUT2D eigenvalue weighted by Crippen LogP contribution is -2.12. The van der Waals surface area contributed by atoms with Crippen LogP contribution in [0.4, 0.5) is 17.1 Å². The second-order valence-corrected chi connectivity index (χ2v) is 12.6. The van der Waals surface area contributed by atoms with Gasteiger partial charge in [-0.3, -0.25) is 0 Å². The second kappa shape index (κ2) is 11.0. The molecule has 0 bridgehead atoms. The monoisotopic (exact) mass is 626 g/mol. The maximum absolute atomic E-state index is 6.55. The summed E-state index contributed by atoms with van der Waals surface area (Å²) in [5, 5.41) is 6.93. The Morgan fingerprint density at radius 3 is 1.98 bits per heavy atom. The predicted octanol–water partition coefficient (Wildman–Crippen LogP) is 13.0. The summed E-state index contributed by atoms with van der Waals surface area (Å²) in [6, 6.07) is 65.0. The third-order valence-corrected chi connectivity index (χ3v) is 9.74. The Balaban J connectivity index is 1.30. The fraction of sp³-hybridized carbons (Fsp3) is 0. The number of rotatable bonds is 5. The van der Waals surface area contributed by atoms with E-state index in [2.05, 4.69) is 185 Å². The molecule has 49 heavy (non-hydrogen) atoms. The summed E-state index contributed by atoms with van der Waals surface area (Å²) in [6.45, 7) is 0. The molecule has 2 aromatic heterocycles. The Hall–Kier alpha value is -6.58. The molecule has 0 radical (unpaired) electrons. The number of nitrogens with zero attached hydrogens (tertiary/aromatic N) is 2. The molecule has 0 spiro atoms. The minimum Gasteiger partial charge on any atom is -0.455 e. The Labute approximate surface area is 283 Å². The fourth-order valence-corrected chi connectivity index (χ4v) is 7.54. The van der Waals surface area contributed by atoms with Crippen LogP contribution in [0.25, 0.3) is 71.3 Å². The smallest absolute Gasteiger partial charge is 0.143 e.